The number of amides is 1. The van der Waals surface area contributed by atoms with E-state index in [4.69, 9.17) is 16.3 Å². The molecule has 2 aromatic rings. The molecule has 0 aromatic heterocycles. The summed E-state index contributed by atoms with van der Waals surface area (Å²) in [7, 11) is 0. The van der Waals surface area contributed by atoms with Gasteiger partial charge in [0, 0.05) is 4.47 Å². The van der Waals surface area contributed by atoms with Gasteiger partial charge in [0.15, 0.2) is 6.61 Å². The third kappa shape index (κ3) is 4.53. The van der Waals surface area contributed by atoms with Crippen LogP contribution in [0.5, 0.6) is 0 Å². The van der Waals surface area contributed by atoms with Crippen LogP contribution in [0, 0.1) is 12.7 Å². The first-order chi connectivity index (χ1) is 10.9. The van der Waals surface area contributed by atoms with E-state index < -0.39 is 29.9 Å². The van der Waals surface area contributed by atoms with Crippen molar-refractivity contribution in [1.82, 2.24) is 0 Å². The summed E-state index contributed by atoms with van der Waals surface area (Å²) in [5.41, 5.74) is 1.18. The number of nitrogens with one attached hydrogen (secondary N) is 1. The fourth-order valence-corrected chi connectivity index (χ4v) is 2.64. The van der Waals surface area contributed by atoms with E-state index in [0.29, 0.717) is 10.2 Å². The minimum Gasteiger partial charge on any atom is -0.452 e. The molecule has 0 radical (unpaired) electrons. The lowest BCUT2D eigenvalue weighted by molar-refractivity contribution is -0.119. The van der Waals surface area contributed by atoms with Gasteiger partial charge < -0.3 is 10.1 Å². The predicted molar refractivity (Wildman–Crippen MR) is 89.2 cm³/mol. The van der Waals surface area contributed by atoms with Crippen molar-refractivity contribution in [1.29, 1.82) is 0 Å². The summed E-state index contributed by atoms with van der Waals surface area (Å²) in [6.07, 6.45) is 0. The molecule has 1 N–H and O–H groups in total. The Morgan fingerprint density at radius 1 is 1.30 bits per heavy atom. The van der Waals surface area contributed by atoms with E-state index in [1.54, 1.807) is 6.07 Å². The molecule has 23 heavy (non-hydrogen) atoms. The van der Waals surface area contributed by atoms with Gasteiger partial charge in [0.25, 0.3) is 5.91 Å². The number of rotatable bonds is 4. The van der Waals surface area contributed by atoms with Crippen LogP contribution in [0.2, 0.25) is 5.02 Å². The van der Waals surface area contributed by atoms with Crippen LogP contribution >= 0.6 is 27.5 Å². The molecular weight excluding hydrogens is 389 g/mol. The highest BCUT2D eigenvalue weighted by Gasteiger charge is 2.18. The van der Waals surface area contributed by atoms with Crippen molar-refractivity contribution in [2.24, 2.45) is 0 Å². The second-order valence-corrected chi connectivity index (χ2v) is 5.97. The molecule has 0 aliphatic rings. The second-order valence-electron chi connectivity index (χ2n) is 4.70. The fourth-order valence-electron chi connectivity index (χ4n) is 1.80. The van der Waals surface area contributed by atoms with Crippen molar-refractivity contribution in [2.45, 2.75) is 6.92 Å². The molecule has 2 rings (SSSR count). The van der Waals surface area contributed by atoms with E-state index in [9.17, 15) is 14.0 Å². The number of esters is 1. The Bertz CT molecular complexity index is 747. The molecule has 0 aliphatic carbocycles. The third-order valence-electron chi connectivity index (χ3n) is 2.90. The van der Waals surface area contributed by atoms with Crippen molar-refractivity contribution in [2.75, 3.05) is 11.9 Å². The van der Waals surface area contributed by atoms with Crippen molar-refractivity contribution in [3.63, 3.8) is 0 Å². The van der Waals surface area contributed by atoms with Crippen LogP contribution in [0.4, 0.5) is 10.1 Å². The zero-order chi connectivity index (χ0) is 17.0. The molecule has 2 aromatic carbocycles. The topological polar surface area (TPSA) is 55.4 Å². The third-order valence-corrected chi connectivity index (χ3v) is 3.87. The molecule has 0 spiro atoms. The van der Waals surface area contributed by atoms with E-state index >= 15 is 0 Å². The number of carbonyl (C=O) groups is 2. The van der Waals surface area contributed by atoms with Gasteiger partial charge in [-0.15, -0.1) is 0 Å². The largest absolute Gasteiger partial charge is 0.452 e. The first-order valence-electron chi connectivity index (χ1n) is 6.55. The highest BCUT2D eigenvalue weighted by molar-refractivity contribution is 9.10. The highest BCUT2D eigenvalue weighted by atomic mass is 79.9. The van der Waals surface area contributed by atoms with Crippen LogP contribution in [0.3, 0.4) is 0 Å². The summed E-state index contributed by atoms with van der Waals surface area (Å²) in [6.45, 7) is 1.36. The number of aryl methyl sites for hydroxylation is 1. The molecule has 0 saturated heterocycles. The lowest BCUT2D eigenvalue weighted by atomic mass is 10.2. The zero-order valence-electron chi connectivity index (χ0n) is 12.0. The first-order valence-corrected chi connectivity index (χ1v) is 7.72. The van der Waals surface area contributed by atoms with Crippen molar-refractivity contribution < 1.29 is 18.7 Å². The Labute approximate surface area is 145 Å². The summed E-state index contributed by atoms with van der Waals surface area (Å²) in [5.74, 6) is -2.34. The van der Waals surface area contributed by atoms with Crippen LogP contribution in [0.15, 0.2) is 40.9 Å². The summed E-state index contributed by atoms with van der Waals surface area (Å²) < 4.78 is 19.1. The Kier molecular flexibility index (Phi) is 5.74. The lowest BCUT2D eigenvalue weighted by Gasteiger charge is -2.09. The highest BCUT2D eigenvalue weighted by Crippen LogP contribution is 2.23. The van der Waals surface area contributed by atoms with Crippen molar-refractivity contribution in [3.8, 4) is 0 Å². The number of halogens is 3. The molecule has 0 bridgehead atoms. The quantitative estimate of drug-likeness (QED) is 0.777. The van der Waals surface area contributed by atoms with Crippen LogP contribution < -0.4 is 5.32 Å². The van der Waals surface area contributed by atoms with Gasteiger partial charge in [-0.05, 0) is 52.7 Å². The maximum Gasteiger partial charge on any atom is 0.343 e. The summed E-state index contributed by atoms with van der Waals surface area (Å²) in [6, 6.07) is 9.20. The number of carbonyl (C=O) groups excluding carboxylic acids is 2. The van der Waals surface area contributed by atoms with Gasteiger partial charge in [-0.2, -0.15) is 0 Å². The summed E-state index contributed by atoms with van der Waals surface area (Å²) in [5, 5.41) is 2.51. The SMILES string of the molecule is Cc1ccc(NC(=O)COC(=O)c2c(F)cccc2Cl)c(Br)c1. The van der Waals surface area contributed by atoms with Crippen LogP contribution in [-0.2, 0) is 9.53 Å². The lowest BCUT2D eigenvalue weighted by Crippen LogP contribution is -2.21. The molecule has 0 aliphatic heterocycles. The average molecular weight is 401 g/mol. The maximum absolute atomic E-state index is 13.6. The second kappa shape index (κ2) is 7.57. The first kappa shape index (κ1) is 17.4. The molecule has 7 heteroatoms. The Morgan fingerprint density at radius 3 is 2.70 bits per heavy atom. The standard InChI is InChI=1S/C16H12BrClFNO3/c1-9-5-6-13(10(17)7-9)20-14(21)8-23-16(22)15-11(18)3-2-4-12(15)19/h2-7H,8H2,1H3,(H,20,21). The van der Waals surface area contributed by atoms with Crippen molar-refractivity contribution in [3.05, 3.63) is 62.8 Å². The van der Waals surface area contributed by atoms with Gasteiger partial charge in [-0.3, -0.25) is 4.79 Å². The van der Waals surface area contributed by atoms with E-state index in [-0.39, 0.29) is 5.02 Å². The minimum atomic E-state index is -0.994. The monoisotopic (exact) mass is 399 g/mol. The predicted octanol–water partition coefficient (Wildman–Crippen LogP) is 4.35. The Hall–Kier alpha value is -1.92. The number of benzene rings is 2. The van der Waals surface area contributed by atoms with Crippen LogP contribution in [0.25, 0.3) is 0 Å². The molecular formula is C16H12BrClFNO3. The van der Waals surface area contributed by atoms with Crippen molar-refractivity contribution >= 4 is 45.1 Å². The Balaban J connectivity index is 1.98. The minimum absolute atomic E-state index is 0.0725. The maximum atomic E-state index is 13.6. The van der Waals surface area contributed by atoms with Gasteiger partial charge in [0.05, 0.1) is 10.7 Å². The fraction of sp³-hybridized carbons (Fsp3) is 0.125. The van der Waals surface area contributed by atoms with Crippen LogP contribution in [-0.4, -0.2) is 18.5 Å². The molecule has 1 amide bonds. The summed E-state index contributed by atoms with van der Waals surface area (Å²) >= 11 is 9.08. The van der Waals surface area contributed by atoms with Crippen LogP contribution in [0.1, 0.15) is 15.9 Å². The van der Waals surface area contributed by atoms with Gasteiger partial charge in [0.2, 0.25) is 0 Å². The normalized spacial score (nSPS) is 10.3. The zero-order valence-corrected chi connectivity index (χ0v) is 14.4. The molecule has 0 saturated carbocycles. The number of anilines is 1. The summed E-state index contributed by atoms with van der Waals surface area (Å²) in [4.78, 5) is 23.6. The number of ether oxygens (including phenoxy) is 1. The van der Waals surface area contributed by atoms with E-state index in [1.165, 1.54) is 12.1 Å². The van der Waals surface area contributed by atoms with Gasteiger partial charge in [-0.1, -0.05) is 23.7 Å². The van der Waals surface area contributed by atoms with E-state index in [1.807, 2.05) is 19.1 Å². The van der Waals surface area contributed by atoms with E-state index in [2.05, 4.69) is 21.2 Å². The average Bonchev–Trinajstić information content (AvgIpc) is 2.48. The number of hydrogen-bond acceptors (Lipinski definition) is 3. The molecule has 0 heterocycles. The molecule has 0 fully saturated rings. The van der Waals surface area contributed by atoms with E-state index in [0.717, 1.165) is 11.6 Å². The van der Waals surface area contributed by atoms with Gasteiger partial charge in [0.1, 0.15) is 11.4 Å². The molecule has 120 valence electrons. The smallest absolute Gasteiger partial charge is 0.343 e. The van der Waals surface area contributed by atoms with Gasteiger partial charge >= 0.3 is 5.97 Å². The Morgan fingerprint density at radius 2 is 2.04 bits per heavy atom. The molecule has 0 atom stereocenters. The van der Waals surface area contributed by atoms with Gasteiger partial charge in [-0.25, -0.2) is 9.18 Å². The molecule has 0 unspecified atom stereocenters. The number of hydrogen-bond donors (Lipinski definition) is 1. The molecule has 4 nitrogen and oxygen atoms in total.